The first kappa shape index (κ1) is 16.4. The molecule has 0 saturated carbocycles. The number of benzene rings is 2. The van der Waals surface area contributed by atoms with Crippen LogP contribution in [0.3, 0.4) is 0 Å². The Morgan fingerprint density at radius 2 is 1.71 bits per heavy atom. The zero-order valence-corrected chi connectivity index (χ0v) is 15.0. The van der Waals surface area contributed by atoms with E-state index in [4.69, 9.17) is 4.99 Å². The minimum absolute atomic E-state index is 0.384. The number of hydrogen-bond donors (Lipinski definition) is 0. The summed E-state index contributed by atoms with van der Waals surface area (Å²) in [5.41, 5.74) is 8.83. The number of rotatable bonds is 2. The van der Waals surface area contributed by atoms with Crippen molar-refractivity contribution in [2.24, 2.45) is 4.99 Å². The molecule has 1 nitrogen and oxygen atoms in total. The summed E-state index contributed by atoms with van der Waals surface area (Å²) in [5.74, 6) is 0.384. The number of nitrogens with zero attached hydrogens (tertiary/aromatic N) is 1. The average Bonchev–Trinajstić information content (AvgIpc) is 2.63. The van der Waals surface area contributed by atoms with Crippen molar-refractivity contribution in [3.8, 4) is 11.1 Å². The molecule has 1 unspecified atom stereocenters. The Bertz CT molecular complexity index is 822. The predicted molar refractivity (Wildman–Crippen MR) is 105 cm³/mol. The molecule has 0 aromatic heterocycles. The Morgan fingerprint density at radius 3 is 2.42 bits per heavy atom. The monoisotopic (exact) mass is 315 g/mol. The van der Waals surface area contributed by atoms with Gasteiger partial charge in [0.15, 0.2) is 0 Å². The molecule has 1 heteroatoms. The minimum atomic E-state index is 0.384. The fraction of sp³-hybridized carbons (Fsp3) is 0.261. The summed E-state index contributed by atoms with van der Waals surface area (Å²) in [7, 11) is 0. The minimum Gasteiger partial charge on any atom is -0.285 e. The zero-order chi connectivity index (χ0) is 17.1. The van der Waals surface area contributed by atoms with E-state index in [0.717, 1.165) is 12.3 Å². The molecule has 0 heterocycles. The van der Waals surface area contributed by atoms with Crippen molar-refractivity contribution < 1.29 is 0 Å². The highest BCUT2D eigenvalue weighted by Crippen LogP contribution is 2.31. The van der Waals surface area contributed by atoms with E-state index in [9.17, 15) is 0 Å². The number of aliphatic imine (C=N–C) groups is 1. The summed E-state index contributed by atoms with van der Waals surface area (Å²) < 4.78 is 0. The Labute approximate surface area is 145 Å². The van der Waals surface area contributed by atoms with Gasteiger partial charge in [-0.2, -0.15) is 0 Å². The van der Waals surface area contributed by atoms with E-state index in [-0.39, 0.29) is 0 Å². The van der Waals surface area contributed by atoms with Crippen LogP contribution < -0.4 is 0 Å². The van der Waals surface area contributed by atoms with Crippen LogP contribution in [0.2, 0.25) is 0 Å². The van der Waals surface area contributed by atoms with Crippen LogP contribution in [-0.2, 0) is 0 Å². The highest BCUT2D eigenvalue weighted by Gasteiger charge is 2.18. The lowest BCUT2D eigenvalue weighted by Gasteiger charge is -2.21. The second kappa shape index (κ2) is 7.00. The maximum absolute atomic E-state index is 4.85. The van der Waals surface area contributed by atoms with Gasteiger partial charge in [-0.05, 0) is 60.6 Å². The van der Waals surface area contributed by atoms with E-state index in [0.29, 0.717) is 5.92 Å². The van der Waals surface area contributed by atoms with E-state index in [2.05, 4.69) is 88.4 Å². The lowest BCUT2D eigenvalue weighted by Crippen LogP contribution is -2.12. The van der Waals surface area contributed by atoms with E-state index in [1.165, 1.54) is 33.4 Å². The van der Waals surface area contributed by atoms with E-state index in [1.807, 2.05) is 0 Å². The molecular weight excluding hydrogens is 290 g/mol. The maximum Gasteiger partial charge on any atom is 0.0681 e. The van der Waals surface area contributed by atoms with Crippen LogP contribution in [0.5, 0.6) is 0 Å². The fourth-order valence-electron chi connectivity index (χ4n) is 3.24. The van der Waals surface area contributed by atoms with Gasteiger partial charge in [0, 0.05) is 12.1 Å². The number of fused-ring (bicyclic) bond motifs is 1. The third-order valence-corrected chi connectivity index (χ3v) is 4.80. The molecule has 24 heavy (non-hydrogen) atoms. The van der Waals surface area contributed by atoms with Gasteiger partial charge in [0.1, 0.15) is 0 Å². The summed E-state index contributed by atoms with van der Waals surface area (Å²) in [6.45, 7) is 9.52. The molecular formula is C23H25N. The van der Waals surface area contributed by atoms with Gasteiger partial charge >= 0.3 is 0 Å². The van der Waals surface area contributed by atoms with Crippen LogP contribution in [0.1, 0.15) is 44.7 Å². The van der Waals surface area contributed by atoms with Gasteiger partial charge in [0.2, 0.25) is 0 Å². The predicted octanol–water partition coefficient (Wildman–Crippen LogP) is 6.17. The Morgan fingerprint density at radius 1 is 0.958 bits per heavy atom. The Hall–Kier alpha value is -2.41. The van der Waals surface area contributed by atoms with Crippen molar-refractivity contribution in [3.63, 3.8) is 0 Å². The topological polar surface area (TPSA) is 12.4 Å². The van der Waals surface area contributed by atoms with Gasteiger partial charge in [-0.15, -0.1) is 0 Å². The summed E-state index contributed by atoms with van der Waals surface area (Å²) in [4.78, 5) is 4.85. The SMILES string of the molecule is CCN=C1/C(C)=C(C)\C=C/C(C)c2ccc(-c3ccccc3)cc21. The first-order valence-corrected chi connectivity index (χ1v) is 8.72. The number of allylic oxidation sites excluding steroid dienone is 4. The summed E-state index contributed by atoms with van der Waals surface area (Å²) in [6, 6.07) is 17.4. The van der Waals surface area contributed by atoms with E-state index < -0.39 is 0 Å². The van der Waals surface area contributed by atoms with Crippen molar-refractivity contribution in [1.29, 1.82) is 0 Å². The zero-order valence-electron chi connectivity index (χ0n) is 15.0. The van der Waals surface area contributed by atoms with Crippen LogP contribution in [-0.4, -0.2) is 12.3 Å². The molecule has 0 bridgehead atoms. The van der Waals surface area contributed by atoms with Crippen LogP contribution in [0.4, 0.5) is 0 Å². The highest BCUT2D eigenvalue weighted by atomic mass is 14.7. The molecule has 122 valence electrons. The van der Waals surface area contributed by atoms with Gasteiger partial charge in [0.25, 0.3) is 0 Å². The molecule has 1 aliphatic carbocycles. The van der Waals surface area contributed by atoms with Crippen molar-refractivity contribution >= 4 is 5.71 Å². The standard InChI is InChI=1S/C23H25N/c1-5-24-23-18(4)16(2)11-12-17(3)21-14-13-20(15-22(21)23)19-9-7-6-8-10-19/h6-15,17H,5H2,1-4H3/b12-11-,18-16-,24-23?. The molecule has 2 aromatic rings. The van der Waals surface area contributed by atoms with Crippen LogP contribution in [0.15, 0.2) is 76.8 Å². The van der Waals surface area contributed by atoms with Crippen molar-refractivity contribution in [2.75, 3.05) is 6.54 Å². The van der Waals surface area contributed by atoms with Crippen LogP contribution >= 0.6 is 0 Å². The molecule has 0 amide bonds. The maximum atomic E-state index is 4.85. The summed E-state index contributed by atoms with van der Waals surface area (Å²) >= 11 is 0. The molecule has 0 aliphatic heterocycles. The second-order valence-electron chi connectivity index (χ2n) is 6.45. The van der Waals surface area contributed by atoms with Crippen molar-refractivity contribution in [2.45, 2.75) is 33.6 Å². The fourth-order valence-corrected chi connectivity index (χ4v) is 3.24. The highest BCUT2D eigenvalue weighted by molar-refractivity contribution is 6.14. The molecule has 0 saturated heterocycles. The lowest BCUT2D eigenvalue weighted by molar-refractivity contribution is 0.957. The third-order valence-electron chi connectivity index (χ3n) is 4.80. The van der Waals surface area contributed by atoms with Gasteiger partial charge < -0.3 is 0 Å². The molecule has 0 fully saturated rings. The summed E-state index contributed by atoms with van der Waals surface area (Å²) in [6.07, 6.45) is 4.53. The molecule has 3 rings (SSSR count). The van der Waals surface area contributed by atoms with E-state index >= 15 is 0 Å². The molecule has 0 spiro atoms. The molecule has 1 aliphatic rings. The van der Waals surface area contributed by atoms with Crippen molar-refractivity contribution in [3.05, 3.63) is 83.0 Å². The third kappa shape index (κ3) is 3.12. The Kier molecular flexibility index (Phi) is 4.80. The van der Waals surface area contributed by atoms with Gasteiger partial charge in [-0.1, -0.05) is 61.5 Å². The largest absolute Gasteiger partial charge is 0.285 e. The lowest BCUT2D eigenvalue weighted by atomic mass is 9.85. The van der Waals surface area contributed by atoms with Crippen LogP contribution in [0.25, 0.3) is 11.1 Å². The Balaban J connectivity index is 2.24. The second-order valence-corrected chi connectivity index (χ2v) is 6.45. The number of hydrogen-bond acceptors (Lipinski definition) is 1. The van der Waals surface area contributed by atoms with Crippen LogP contribution in [0, 0.1) is 0 Å². The van der Waals surface area contributed by atoms with Gasteiger partial charge in [-0.3, -0.25) is 4.99 Å². The smallest absolute Gasteiger partial charge is 0.0681 e. The average molecular weight is 315 g/mol. The quantitative estimate of drug-likeness (QED) is 0.628. The first-order chi connectivity index (χ1) is 11.6. The van der Waals surface area contributed by atoms with Gasteiger partial charge in [-0.25, -0.2) is 0 Å². The first-order valence-electron chi connectivity index (χ1n) is 8.72. The molecule has 0 radical (unpaired) electrons. The van der Waals surface area contributed by atoms with Crippen molar-refractivity contribution in [1.82, 2.24) is 0 Å². The van der Waals surface area contributed by atoms with Gasteiger partial charge in [0.05, 0.1) is 5.71 Å². The molecule has 1 atom stereocenters. The molecule has 2 aromatic carbocycles. The molecule has 0 N–H and O–H groups in total. The summed E-state index contributed by atoms with van der Waals surface area (Å²) in [5, 5.41) is 0. The van der Waals surface area contributed by atoms with E-state index in [1.54, 1.807) is 0 Å². The normalized spacial score (nSPS) is 23.5.